The van der Waals surface area contributed by atoms with Gasteiger partial charge >= 0.3 is 0 Å². The minimum Gasteiger partial charge on any atom is -0.461 e. The monoisotopic (exact) mass is 388 g/mol. The smallest absolute Gasteiger partial charge is 0.298 e. The molecule has 3 heterocycles. The Morgan fingerprint density at radius 3 is 2.74 bits per heavy atom. The fourth-order valence-electron chi connectivity index (χ4n) is 3.41. The van der Waals surface area contributed by atoms with Crippen LogP contribution in [-0.4, -0.2) is 47.5 Å². The second kappa shape index (κ2) is 8.08. The fourth-order valence-corrected chi connectivity index (χ4v) is 4.57. The minimum absolute atomic E-state index is 0.0116. The van der Waals surface area contributed by atoms with Crippen molar-refractivity contribution in [2.75, 3.05) is 20.1 Å². The molecular weight excluding hydrogens is 364 g/mol. The van der Waals surface area contributed by atoms with Crippen molar-refractivity contribution in [3.05, 3.63) is 46.0 Å². The van der Waals surface area contributed by atoms with E-state index in [4.69, 9.17) is 4.42 Å². The van der Waals surface area contributed by atoms with Gasteiger partial charge in [-0.25, -0.2) is 0 Å². The number of Topliss-reactive ketones (excluding diaryl/α,β-unsaturated/α-hetero) is 1. The summed E-state index contributed by atoms with van der Waals surface area (Å²) in [6.45, 7) is 5.37. The Labute approximate surface area is 162 Å². The number of rotatable bonds is 6. The molecule has 7 heteroatoms. The molecule has 0 N–H and O–H groups in total. The number of thiophene rings is 1. The molecule has 2 aromatic heterocycles. The molecule has 0 spiro atoms. The zero-order chi connectivity index (χ0) is 19.6. The minimum atomic E-state index is -0.628. The summed E-state index contributed by atoms with van der Waals surface area (Å²) in [7, 11) is 1.80. The van der Waals surface area contributed by atoms with Crippen LogP contribution in [0.25, 0.3) is 0 Å². The molecule has 0 aromatic carbocycles. The molecule has 6 nitrogen and oxygen atoms in total. The summed E-state index contributed by atoms with van der Waals surface area (Å²) in [5.41, 5.74) is 0. The van der Waals surface area contributed by atoms with Crippen LogP contribution in [0, 0.1) is 5.92 Å². The Morgan fingerprint density at radius 1 is 1.30 bits per heavy atom. The van der Waals surface area contributed by atoms with Crippen molar-refractivity contribution in [1.82, 2.24) is 9.80 Å². The Kier molecular flexibility index (Phi) is 5.79. The Hall–Kier alpha value is -2.41. The molecule has 0 unspecified atom stereocenters. The quantitative estimate of drug-likeness (QED) is 0.560. The van der Waals surface area contributed by atoms with Crippen LogP contribution in [0.5, 0.6) is 0 Å². The van der Waals surface area contributed by atoms with Crippen molar-refractivity contribution < 1.29 is 18.8 Å². The number of likely N-dealkylation sites (tertiary alicyclic amines) is 1. The molecule has 2 amide bonds. The molecular formula is C20H24N2O4S. The van der Waals surface area contributed by atoms with Crippen molar-refractivity contribution in [1.29, 1.82) is 0 Å². The summed E-state index contributed by atoms with van der Waals surface area (Å²) in [5.74, 6) is -0.735. The normalized spacial score (nSPS) is 16.7. The van der Waals surface area contributed by atoms with Crippen LogP contribution >= 0.6 is 11.3 Å². The van der Waals surface area contributed by atoms with E-state index < -0.39 is 11.7 Å². The number of furan rings is 1. The van der Waals surface area contributed by atoms with Crippen molar-refractivity contribution in [2.45, 2.75) is 32.7 Å². The van der Waals surface area contributed by atoms with Gasteiger partial charge < -0.3 is 14.2 Å². The van der Waals surface area contributed by atoms with Crippen LogP contribution in [0.4, 0.5) is 0 Å². The molecule has 144 valence electrons. The van der Waals surface area contributed by atoms with E-state index in [-0.39, 0.29) is 17.7 Å². The summed E-state index contributed by atoms with van der Waals surface area (Å²) in [6, 6.07) is 6.63. The molecule has 3 rings (SSSR count). The first kappa shape index (κ1) is 19.4. The summed E-state index contributed by atoms with van der Waals surface area (Å²) in [6.07, 6.45) is 3.00. The maximum Gasteiger partial charge on any atom is 0.298 e. The molecule has 1 fully saturated rings. The SMILES string of the molecule is CC(C)CN(C)C(=O)c1ccc([C@@H]2CCCN2C(=O)C(=O)c2ccco2)s1. The highest BCUT2D eigenvalue weighted by Gasteiger charge is 2.35. The van der Waals surface area contributed by atoms with Gasteiger partial charge in [-0.15, -0.1) is 11.3 Å². The molecule has 27 heavy (non-hydrogen) atoms. The lowest BCUT2D eigenvalue weighted by Gasteiger charge is -2.22. The van der Waals surface area contributed by atoms with Gasteiger partial charge in [-0.1, -0.05) is 13.8 Å². The first-order valence-corrected chi connectivity index (χ1v) is 9.94. The highest BCUT2D eigenvalue weighted by atomic mass is 32.1. The molecule has 1 saturated heterocycles. The van der Waals surface area contributed by atoms with Crippen LogP contribution < -0.4 is 0 Å². The number of amides is 2. The number of carbonyl (C=O) groups excluding carboxylic acids is 3. The maximum absolute atomic E-state index is 12.6. The summed E-state index contributed by atoms with van der Waals surface area (Å²) >= 11 is 1.40. The van der Waals surface area contributed by atoms with Crippen LogP contribution in [-0.2, 0) is 4.79 Å². The average molecular weight is 388 g/mol. The van der Waals surface area contributed by atoms with Crippen molar-refractivity contribution >= 4 is 28.9 Å². The molecule has 1 atom stereocenters. The molecule has 1 aliphatic heterocycles. The lowest BCUT2D eigenvalue weighted by atomic mass is 10.1. The summed E-state index contributed by atoms with van der Waals surface area (Å²) in [4.78, 5) is 42.5. The number of nitrogens with zero attached hydrogens (tertiary/aromatic N) is 2. The Bertz CT molecular complexity index is 825. The van der Waals surface area contributed by atoms with E-state index in [1.807, 2.05) is 12.1 Å². The number of carbonyl (C=O) groups is 3. The number of hydrogen-bond donors (Lipinski definition) is 0. The lowest BCUT2D eigenvalue weighted by molar-refractivity contribution is -0.127. The van der Waals surface area contributed by atoms with E-state index in [9.17, 15) is 14.4 Å². The third kappa shape index (κ3) is 4.13. The largest absolute Gasteiger partial charge is 0.461 e. The third-order valence-corrected chi connectivity index (χ3v) is 5.78. The van der Waals surface area contributed by atoms with E-state index >= 15 is 0 Å². The first-order chi connectivity index (χ1) is 12.9. The number of hydrogen-bond acceptors (Lipinski definition) is 5. The first-order valence-electron chi connectivity index (χ1n) is 9.12. The Balaban J connectivity index is 1.74. The maximum atomic E-state index is 12.6. The standard InChI is InChI=1S/C20H24N2O4S/c1-13(2)12-21(3)19(24)17-9-8-16(27-17)14-6-4-10-22(14)20(25)18(23)15-7-5-11-26-15/h5,7-9,11,13-14H,4,6,10,12H2,1-3H3/t14-/m0/s1. The predicted molar refractivity (Wildman–Crippen MR) is 103 cm³/mol. The van der Waals surface area contributed by atoms with E-state index in [1.54, 1.807) is 22.9 Å². The van der Waals surface area contributed by atoms with Gasteiger partial charge in [-0.3, -0.25) is 14.4 Å². The van der Waals surface area contributed by atoms with Crippen LogP contribution in [0.1, 0.15) is 57.8 Å². The van der Waals surface area contributed by atoms with Crippen LogP contribution in [0.3, 0.4) is 0 Å². The molecule has 1 aliphatic rings. The molecule has 2 aromatic rings. The zero-order valence-electron chi connectivity index (χ0n) is 15.8. The van der Waals surface area contributed by atoms with Crippen LogP contribution in [0.2, 0.25) is 0 Å². The van der Waals surface area contributed by atoms with Crippen molar-refractivity contribution in [3.8, 4) is 0 Å². The topological polar surface area (TPSA) is 70.8 Å². The Morgan fingerprint density at radius 2 is 2.07 bits per heavy atom. The van der Waals surface area contributed by atoms with Crippen molar-refractivity contribution in [2.24, 2.45) is 5.92 Å². The predicted octanol–water partition coefficient (Wildman–Crippen LogP) is 3.62. The lowest BCUT2D eigenvalue weighted by Crippen LogP contribution is -2.35. The third-order valence-electron chi connectivity index (χ3n) is 4.60. The highest BCUT2D eigenvalue weighted by molar-refractivity contribution is 7.14. The van der Waals surface area contributed by atoms with Gasteiger partial charge in [0.1, 0.15) is 0 Å². The van der Waals surface area contributed by atoms with Gasteiger partial charge in [0.25, 0.3) is 17.6 Å². The molecule has 0 radical (unpaired) electrons. The molecule has 0 bridgehead atoms. The fraction of sp³-hybridized carbons (Fsp3) is 0.450. The van der Waals surface area contributed by atoms with Crippen LogP contribution in [0.15, 0.2) is 34.9 Å². The van der Waals surface area contributed by atoms with Gasteiger partial charge in [0.15, 0.2) is 5.76 Å². The second-order valence-corrected chi connectivity index (χ2v) is 8.36. The van der Waals surface area contributed by atoms with E-state index in [1.165, 1.54) is 23.7 Å². The molecule has 0 saturated carbocycles. The highest BCUT2D eigenvalue weighted by Crippen LogP contribution is 2.36. The van der Waals surface area contributed by atoms with Gasteiger partial charge in [-0.05, 0) is 43.0 Å². The average Bonchev–Trinajstić information content (AvgIpc) is 3.39. The van der Waals surface area contributed by atoms with E-state index in [0.29, 0.717) is 23.9 Å². The number of ketones is 1. The van der Waals surface area contributed by atoms with Gasteiger partial charge in [0.2, 0.25) is 0 Å². The molecule has 0 aliphatic carbocycles. The van der Waals surface area contributed by atoms with E-state index in [0.717, 1.165) is 17.7 Å². The summed E-state index contributed by atoms with van der Waals surface area (Å²) < 4.78 is 5.07. The van der Waals surface area contributed by atoms with Gasteiger partial charge in [-0.2, -0.15) is 0 Å². The second-order valence-electron chi connectivity index (χ2n) is 7.24. The zero-order valence-corrected chi connectivity index (χ0v) is 16.6. The van der Waals surface area contributed by atoms with Crippen molar-refractivity contribution in [3.63, 3.8) is 0 Å². The van der Waals surface area contributed by atoms with E-state index in [2.05, 4.69) is 13.8 Å². The summed E-state index contributed by atoms with van der Waals surface area (Å²) in [5, 5.41) is 0. The van der Waals surface area contributed by atoms with Gasteiger partial charge in [0, 0.05) is 25.0 Å². The van der Waals surface area contributed by atoms with Gasteiger partial charge in [0.05, 0.1) is 17.2 Å².